The van der Waals surface area contributed by atoms with E-state index < -0.39 is 0 Å². The summed E-state index contributed by atoms with van der Waals surface area (Å²) in [5.74, 6) is 0.241. The molecule has 0 aromatic rings. The van der Waals surface area contributed by atoms with Crippen LogP contribution < -0.4 is 0 Å². The minimum absolute atomic E-state index is 0.191. The second kappa shape index (κ2) is 3.81. The Morgan fingerprint density at radius 3 is 2.57 bits per heavy atom. The normalized spacial score (nSPS) is 13.4. The van der Waals surface area contributed by atoms with E-state index in [1.165, 1.54) is 6.21 Å². The summed E-state index contributed by atoms with van der Waals surface area (Å²) in [7, 11) is 0. The van der Waals surface area contributed by atoms with E-state index in [2.05, 4.69) is 0 Å². The van der Waals surface area contributed by atoms with Gasteiger partial charge in [0.05, 0.1) is 0 Å². The lowest BCUT2D eigenvalue weighted by molar-refractivity contribution is 0.278. The van der Waals surface area contributed by atoms with Crippen molar-refractivity contribution in [3.8, 4) is 0 Å². The highest BCUT2D eigenvalue weighted by molar-refractivity contribution is 5.55. The van der Waals surface area contributed by atoms with Gasteiger partial charge in [-0.3, -0.25) is 0 Å². The van der Waals surface area contributed by atoms with Gasteiger partial charge >= 0.3 is 0 Å². The lowest BCUT2D eigenvalue weighted by Gasteiger charge is -1.96. The van der Waals surface area contributed by atoms with Gasteiger partial charge in [-0.1, -0.05) is 6.92 Å². The summed E-state index contributed by atoms with van der Waals surface area (Å²) < 4.78 is 0. The van der Waals surface area contributed by atoms with Crippen molar-refractivity contribution in [2.45, 2.75) is 13.3 Å². The molecule has 0 rings (SSSR count). The Labute approximate surface area is 43.7 Å². The third-order valence-electron chi connectivity index (χ3n) is 0.869. The summed E-state index contributed by atoms with van der Waals surface area (Å²) in [5, 5.41) is 14.9. The average molecular weight is 101 g/mol. The van der Waals surface area contributed by atoms with Crippen molar-refractivity contribution in [3.63, 3.8) is 0 Å². The molecule has 2 N–H and O–H groups in total. The van der Waals surface area contributed by atoms with E-state index in [0.717, 1.165) is 0 Å². The van der Waals surface area contributed by atoms with Crippen LogP contribution in [0.4, 0.5) is 0 Å². The minimum atomic E-state index is 0.191. The van der Waals surface area contributed by atoms with Crippen LogP contribution in [0.5, 0.6) is 0 Å². The van der Waals surface area contributed by atoms with Gasteiger partial charge in [0.2, 0.25) is 0 Å². The molecule has 0 bridgehead atoms. The number of aliphatic hydroxyl groups excluding tert-OH is 1. The Balaban J connectivity index is 2.98. The summed E-state index contributed by atoms with van der Waals surface area (Å²) in [6, 6.07) is 0. The Hall–Kier alpha value is -0.370. The Bertz CT molecular complexity index is 54.0. The van der Waals surface area contributed by atoms with Crippen LogP contribution in [0.2, 0.25) is 0 Å². The number of nitrogens with one attached hydrogen (secondary N) is 1. The van der Waals surface area contributed by atoms with Crippen molar-refractivity contribution in [3.05, 3.63) is 0 Å². The second-order valence-electron chi connectivity index (χ2n) is 1.66. The van der Waals surface area contributed by atoms with E-state index in [4.69, 9.17) is 10.5 Å². The maximum Gasteiger partial charge on any atom is 0.0437 e. The molecule has 1 unspecified atom stereocenters. The molecule has 1 atom stereocenters. The molecule has 0 spiro atoms. The summed E-state index contributed by atoms with van der Waals surface area (Å²) in [4.78, 5) is 0. The van der Waals surface area contributed by atoms with Crippen LogP contribution in [0.1, 0.15) is 13.3 Å². The maximum atomic E-state index is 8.26. The Morgan fingerprint density at radius 2 is 2.43 bits per heavy atom. The molecule has 0 radical (unpaired) electrons. The van der Waals surface area contributed by atoms with Crippen molar-refractivity contribution < 1.29 is 5.11 Å². The predicted molar refractivity (Wildman–Crippen MR) is 29.7 cm³/mol. The summed E-state index contributed by atoms with van der Waals surface area (Å²) >= 11 is 0. The van der Waals surface area contributed by atoms with Crippen LogP contribution in [-0.4, -0.2) is 17.9 Å². The minimum Gasteiger partial charge on any atom is -0.396 e. The Kier molecular flexibility index (Phi) is 3.61. The van der Waals surface area contributed by atoms with E-state index in [-0.39, 0.29) is 12.5 Å². The third kappa shape index (κ3) is 3.46. The molecule has 2 heteroatoms. The van der Waals surface area contributed by atoms with Crippen molar-refractivity contribution in [2.75, 3.05) is 6.61 Å². The van der Waals surface area contributed by atoms with Gasteiger partial charge < -0.3 is 10.5 Å². The first-order chi connectivity index (χ1) is 3.31. The van der Waals surface area contributed by atoms with E-state index in [0.29, 0.717) is 6.42 Å². The van der Waals surface area contributed by atoms with E-state index in [1.807, 2.05) is 6.92 Å². The fourth-order valence-corrected chi connectivity index (χ4v) is 0.287. The molecule has 0 fully saturated rings. The van der Waals surface area contributed by atoms with Crippen LogP contribution in [0.3, 0.4) is 0 Å². The van der Waals surface area contributed by atoms with Crippen molar-refractivity contribution in [1.82, 2.24) is 0 Å². The molecule has 0 aliphatic heterocycles. The third-order valence-corrected chi connectivity index (χ3v) is 0.869. The van der Waals surface area contributed by atoms with Gasteiger partial charge in [0.25, 0.3) is 0 Å². The van der Waals surface area contributed by atoms with E-state index in [1.54, 1.807) is 0 Å². The number of hydrogen-bond acceptors (Lipinski definition) is 2. The fraction of sp³-hybridized carbons (Fsp3) is 0.800. The molecule has 7 heavy (non-hydrogen) atoms. The molecule has 0 amide bonds. The zero-order valence-electron chi connectivity index (χ0n) is 4.52. The topological polar surface area (TPSA) is 44.1 Å². The largest absolute Gasteiger partial charge is 0.396 e. The van der Waals surface area contributed by atoms with Crippen molar-refractivity contribution in [1.29, 1.82) is 5.41 Å². The molecule has 0 aliphatic rings. The number of rotatable bonds is 3. The zero-order chi connectivity index (χ0) is 5.70. The lowest BCUT2D eigenvalue weighted by Crippen LogP contribution is -1.96. The van der Waals surface area contributed by atoms with Crippen LogP contribution in [0, 0.1) is 11.3 Å². The second-order valence-corrected chi connectivity index (χ2v) is 1.66. The van der Waals surface area contributed by atoms with Gasteiger partial charge in [0.1, 0.15) is 0 Å². The van der Waals surface area contributed by atoms with Crippen molar-refractivity contribution >= 4 is 6.21 Å². The number of hydrogen-bond donors (Lipinski definition) is 2. The molecule has 0 heterocycles. The zero-order valence-corrected chi connectivity index (χ0v) is 4.52. The highest BCUT2D eigenvalue weighted by Crippen LogP contribution is 1.93. The standard InChI is InChI=1S/C5H11NO/c1-5(4-6)2-3-7/h4-7H,2-3H2,1H3. The predicted octanol–water partition coefficient (Wildman–Crippen LogP) is 0.654. The first-order valence-corrected chi connectivity index (χ1v) is 2.42. The lowest BCUT2D eigenvalue weighted by atomic mass is 10.1. The molecule has 2 nitrogen and oxygen atoms in total. The summed E-state index contributed by atoms with van der Waals surface area (Å²) in [5.41, 5.74) is 0. The van der Waals surface area contributed by atoms with Gasteiger partial charge in [-0.2, -0.15) is 0 Å². The number of aliphatic hydroxyl groups is 1. The van der Waals surface area contributed by atoms with E-state index >= 15 is 0 Å². The van der Waals surface area contributed by atoms with Gasteiger partial charge in [-0.05, 0) is 18.6 Å². The first-order valence-electron chi connectivity index (χ1n) is 2.42. The quantitative estimate of drug-likeness (QED) is 0.504. The first kappa shape index (κ1) is 6.63. The highest BCUT2D eigenvalue weighted by atomic mass is 16.2. The molecule has 0 saturated heterocycles. The summed E-state index contributed by atoms with van der Waals surface area (Å²) in [6.45, 7) is 2.10. The highest BCUT2D eigenvalue weighted by Gasteiger charge is 1.91. The van der Waals surface area contributed by atoms with Gasteiger partial charge in [0.15, 0.2) is 0 Å². The molecular weight excluding hydrogens is 90.1 g/mol. The fourth-order valence-electron chi connectivity index (χ4n) is 0.287. The van der Waals surface area contributed by atoms with Crippen LogP contribution in [0.15, 0.2) is 0 Å². The molecule has 0 aromatic heterocycles. The average Bonchev–Trinajstić information content (AvgIpc) is 1.68. The van der Waals surface area contributed by atoms with Crippen LogP contribution in [0.25, 0.3) is 0 Å². The molecular formula is C5H11NO. The Morgan fingerprint density at radius 1 is 1.86 bits per heavy atom. The van der Waals surface area contributed by atoms with Gasteiger partial charge in [-0.25, -0.2) is 0 Å². The molecule has 42 valence electrons. The molecule has 0 aromatic carbocycles. The monoisotopic (exact) mass is 101 g/mol. The summed E-state index contributed by atoms with van der Waals surface area (Å²) in [6.07, 6.45) is 2.06. The van der Waals surface area contributed by atoms with Crippen LogP contribution in [-0.2, 0) is 0 Å². The smallest absolute Gasteiger partial charge is 0.0437 e. The van der Waals surface area contributed by atoms with E-state index in [9.17, 15) is 0 Å². The van der Waals surface area contributed by atoms with Gasteiger partial charge in [-0.15, -0.1) is 0 Å². The van der Waals surface area contributed by atoms with Crippen LogP contribution >= 0.6 is 0 Å². The molecule has 0 aliphatic carbocycles. The SMILES string of the molecule is CC(C=N)CCO. The van der Waals surface area contributed by atoms with Gasteiger partial charge in [0, 0.05) is 6.61 Å². The maximum absolute atomic E-state index is 8.26. The molecule has 0 saturated carbocycles. The van der Waals surface area contributed by atoms with Crippen molar-refractivity contribution in [2.24, 2.45) is 5.92 Å².